The molecule has 1 aliphatic rings. The highest BCUT2D eigenvalue weighted by atomic mass is 19.1. The molecule has 1 aliphatic heterocycles. The molecule has 1 N–H and O–H groups in total. The topological polar surface area (TPSA) is 57.7 Å². The molecule has 1 saturated heterocycles. The zero-order valence-corrected chi connectivity index (χ0v) is 14.4. The van der Waals surface area contributed by atoms with Crippen LogP contribution in [-0.2, 0) is 6.54 Å². The molecule has 2 aromatic rings. The SMILES string of the molecule is COc1cc(F)cc(CNC(=O)N2CCN(c3ccncc3F)CC2)c1. The van der Waals surface area contributed by atoms with Crippen LogP contribution in [0.4, 0.5) is 19.3 Å². The summed E-state index contributed by atoms with van der Waals surface area (Å²) >= 11 is 0. The molecule has 3 rings (SSSR count). The lowest BCUT2D eigenvalue weighted by Crippen LogP contribution is -2.51. The molecule has 6 nitrogen and oxygen atoms in total. The van der Waals surface area contributed by atoms with Crippen LogP contribution in [0.5, 0.6) is 5.75 Å². The van der Waals surface area contributed by atoms with Crippen LogP contribution in [0, 0.1) is 11.6 Å². The molecule has 138 valence electrons. The Balaban J connectivity index is 1.53. The van der Waals surface area contributed by atoms with E-state index in [1.54, 1.807) is 23.2 Å². The number of carbonyl (C=O) groups excluding carboxylic acids is 1. The summed E-state index contributed by atoms with van der Waals surface area (Å²) in [6, 6.07) is 5.70. The average Bonchev–Trinajstić information content (AvgIpc) is 2.66. The summed E-state index contributed by atoms with van der Waals surface area (Å²) < 4.78 is 32.3. The number of rotatable bonds is 4. The minimum absolute atomic E-state index is 0.201. The number of pyridine rings is 1. The van der Waals surface area contributed by atoms with Gasteiger partial charge in [-0.3, -0.25) is 4.98 Å². The van der Waals surface area contributed by atoms with Gasteiger partial charge in [-0.25, -0.2) is 13.6 Å². The number of carbonyl (C=O) groups is 1. The molecule has 0 saturated carbocycles. The molecular formula is C18H20F2N4O2. The largest absolute Gasteiger partial charge is 0.497 e. The first kappa shape index (κ1) is 17.9. The van der Waals surface area contributed by atoms with Crippen molar-refractivity contribution in [3.05, 3.63) is 53.9 Å². The van der Waals surface area contributed by atoms with Crippen LogP contribution >= 0.6 is 0 Å². The van der Waals surface area contributed by atoms with E-state index in [0.717, 1.165) is 0 Å². The van der Waals surface area contributed by atoms with Crippen LogP contribution in [0.1, 0.15) is 5.56 Å². The van der Waals surface area contributed by atoms with E-state index >= 15 is 0 Å². The summed E-state index contributed by atoms with van der Waals surface area (Å²) in [6.45, 7) is 2.20. The molecule has 0 spiro atoms. The van der Waals surface area contributed by atoms with Gasteiger partial charge in [0.05, 0.1) is 19.0 Å². The Kier molecular flexibility index (Phi) is 5.50. The fourth-order valence-electron chi connectivity index (χ4n) is 2.90. The zero-order valence-electron chi connectivity index (χ0n) is 14.4. The average molecular weight is 362 g/mol. The Bertz CT molecular complexity index is 780. The zero-order chi connectivity index (χ0) is 18.5. The van der Waals surface area contributed by atoms with Crippen LogP contribution < -0.4 is 15.0 Å². The number of hydrogen-bond acceptors (Lipinski definition) is 4. The van der Waals surface area contributed by atoms with Gasteiger partial charge < -0.3 is 19.9 Å². The summed E-state index contributed by atoms with van der Waals surface area (Å²) in [5, 5.41) is 2.78. The maximum Gasteiger partial charge on any atom is 0.317 e. The number of aromatic nitrogens is 1. The van der Waals surface area contributed by atoms with E-state index in [4.69, 9.17) is 4.74 Å². The molecule has 0 bridgehead atoms. The molecule has 1 fully saturated rings. The molecule has 0 unspecified atom stereocenters. The number of anilines is 1. The van der Waals surface area contributed by atoms with E-state index in [9.17, 15) is 13.6 Å². The van der Waals surface area contributed by atoms with E-state index in [1.165, 1.54) is 25.4 Å². The number of halogens is 2. The van der Waals surface area contributed by atoms with Crippen molar-refractivity contribution in [3.63, 3.8) is 0 Å². The number of urea groups is 1. The predicted octanol–water partition coefficient (Wildman–Crippen LogP) is 2.40. The maximum atomic E-state index is 13.8. The van der Waals surface area contributed by atoms with E-state index in [-0.39, 0.29) is 18.4 Å². The normalized spacial score (nSPS) is 14.3. The van der Waals surface area contributed by atoms with Crippen LogP contribution in [0.25, 0.3) is 0 Å². The second-order valence-electron chi connectivity index (χ2n) is 5.96. The van der Waals surface area contributed by atoms with Gasteiger partial charge in [0, 0.05) is 45.0 Å². The van der Waals surface area contributed by atoms with Gasteiger partial charge in [0.2, 0.25) is 0 Å². The first-order valence-electron chi connectivity index (χ1n) is 8.27. The molecule has 0 radical (unpaired) electrons. The standard InChI is InChI=1S/C18H20F2N4O2/c1-26-15-9-13(8-14(19)10-15)11-22-18(25)24-6-4-23(5-7-24)17-2-3-21-12-16(17)20/h2-3,8-10,12H,4-7,11H2,1H3,(H,22,25). The number of ether oxygens (including phenoxy) is 1. The third kappa shape index (κ3) is 4.19. The van der Waals surface area contributed by atoms with Crippen LogP contribution in [0.3, 0.4) is 0 Å². The highest BCUT2D eigenvalue weighted by molar-refractivity contribution is 5.74. The second kappa shape index (κ2) is 7.99. The van der Waals surface area contributed by atoms with Crippen molar-refractivity contribution in [1.82, 2.24) is 15.2 Å². The first-order chi connectivity index (χ1) is 12.6. The minimum atomic E-state index is -0.415. The van der Waals surface area contributed by atoms with Crippen molar-refractivity contribution in [1.29, 1.82) is 0 Å². The third-order valence-corrected chi connectivity index (χ3v) is 4.27. The second-order valence-corrected chi connectivity index (χ2v) is 5.96. The number of amides is 2. The van der Waals surface area contributed by atoms with Crippen LogP contribution in [0.15, 0.2) is 36.7 Å². The highest BCUT2D eigenvalue weighted by Gasteiger charge is 2.22. The lowest BCUT2D eigenvalue weighted by Gasteiger charge is -2.36. The molecular weight excluding hydrogens is 342 g/mol. The van der Waals surface area contributed by atoms with Gasteiger partial charge in [-0.15, -0.1) is 0 Å². The quantitative estimate of drug-likeness (QED) is 0.908. The van der Waals surface area contributed by atoms with Gasteiger partial charge >= 0.3 is 6.03 Å². The Morgan fingerprint density at radius 1 is 1.23 bits per heavy atom. The number of benzene rings is 1. The molecule has 2 amide bonds. The van der Waals surface area contributed by atoms with E-state index in [0.29, 0.717) is 43.2 Å². The molecule has 2 heterocycles. The Labute approximate surface area is 150 Å². The monoisotopic (exact) mass is 362 g/mol. The van der Waals surface area contributed by atoms with Crippen molar-refractivity contribution >= 4 is 11.7 Å². The van der Waals surface area contributed by atoms with E-state index in [2.05, 4.69) is 10.3 Å². The van der Waals surface area contributed by atoms with Crippen molar-refractivity contribution < 1.29 is 18.3 Å². The summed E-state index contributed by atoms with van der Waals surface area (Å²) in [6.07, 6.45) is 2.73. The van der Waals surface area contributed by atoms with Gasteiger partial charge in [-0.1, -0.05) is 0 Å². The Morgan fingerprint density at radius 3 is 2.69 bits per heavy atom. The molecule has 0 atom stereocenters. The molecule has 26 heavy (non-hydrogen) atoms. The summed E-state index contributed by atoms with van der Waals surface area (Å²) in [5.74, 6) is -0.380. The first-order valence-corrected chi connectivity index (χ1v) is 8.27. The highest BCUT2D eigenvalue weighted by Crippen LogP contribution is 2.19. The molecule has 0 aliphatic carbocycles. The smallest absolute Gasteiger partial charge is 0.317 e. The number of nitrogens with one attached hydrogen (secondary N) is 1. The maximum absolute atomic E-state index is 13.8. The molecule has 1 aromatic carbocycles. The van der Waals surface area contributed by atoms with E-state index < -0.39 is 5.82 Å². The molecule has 8 heteroatoms. The van der Waals surface area contributed by atoms with Crippen LogP contribution in [-0.4, -0.2) is 49.2 Å². The minimum Gasteiger partial charge on any atom is -0.497 e. The van der Waals surface area contributed by atoms with E-state index in [1.807, 2.05) is 4.90 Å². The Hall–Kier alpha value is -2.90. The molecule has 1 aromatic heterocycles. The Morgan fingerprint density at radius 2 is 2.00 bits per heavy atom. The lowest BCUT2D eigenvalue weighted by molar-refractivity contribution is 0.194. The van der Waals surface area contributed by atoms with Gasteiger partial charge in [-0.2, -0.15) is 0 Å². The van der Waals surface area contributed by atoms with Crippen molar-refractivity contribution in [2.45, 2.75) is 6.54 Å². The van der Waals surface area contributed by atoms with Gasteiger partial charge in [0.15, 0.2) is 5.82 Å². The fourth-order valence-corrected chi connectivity index (χ4v) is 2.90. The summed E-state index contributed by atoms with van der Waals surface area (Å²) in [5.41, 5.74) is 1.11. The van der Waals surface area contributed by atoms with Crippen molar-refractivity contribution in [2.75, 3.05) is 38.2 Å². The number of methoxy groups -OCH3 is 1. The van der Waals surface area contributed by atoms with Gasteiger partial charge in [0.25, 0.3) is 0 Å². The van der Waals surface area contributed by atoms with Gasteiger partial charge in [0.1, 0.15) is 11.6 Å². The van der Waals surface area contributed by atoms with Crippen molar-refractivity contribution in [2.24, 2.45) is 0 Å². The predicted molar refractivity (Wildman–Crippen MR) is 93.2 cm³/mol. The third-order valence-electron chi connectivity index (χ3n) is 4.27. The van der Waals surface area contributed by atoms with Crippen LogP contribution in [0.2, 0.25) is 0 Å². The number of hydrogen-bond donors (Lipinski definition) is 1. The van der Waals surface area contributed by atoms with Gasteiger partial charge in [-0.05, 0) is 23.8 Å². The number of nitrogens with zero attached hydrogens (tertiary/aromatic N) is 3. The summed E-state index contributed by atoms with van der Waals surface area (Å²) in [7, 11) is 1.46. The lowest BCUT2D eigenvalue weighted by atomic mass is 10.2. The fraction of sp³-hybridized carbons (Fsp3) is 0.333. The van der Waals surface area contributed by atoms with Crippen molar-refractivity contribution in [3.8, 4) is 5.75 Å². The summed E-state index contributed by atoms with van der Waals surface area (Å²) in [4.78, 5) is 19.6. The number of piperazine rings is 1.